The molecule has 12 heteroatoms. The molecule has 1 aliphatic heterocycles. The summed E-state index contributed by atoms with van der Waals surface area (Å²) in [6, 6.07) is 17.0. The maximum atomic E-state index is 13.2. The van der Waals surface area contributed by atoms with Crippen molar-refractivity contribution in [1.29, 1.82) is 0 Å². The molecular weight excluding hydrogens is 516 g/mol. The summed E-state index contributed by atoms with van der Waals surface area (Å²) >= 11 is 11.8. The quantitative estimate of drug-likeness (QED) is 0.189. The molecule has 3 N–H and O–H groups in total. The summed E-state index contributed by atoms with van der Waals surface area (Å²) in [7, 11) is 0. The second kappa shape index (κ2) is 10.5. The van der Waals surface area contributed by atoms with Crippen LogP contribution in [0.4, 0.5) is 17.1 Å². The van der Waals surface area contributed by atoms with E-state index in [1.807, 2.05) is 29.2 Å². The zero-order valence-corrected chi connectivity index (χ0v) is 20.9. The third-order valence-corrected chi connectivity index (χ3v) is 6.42. The molecule has 0 atom stereocenters. The summed E-state index contributed by atoms with van der Waals surface area (Å²) in [4.78, 5) is 33.8. The number of imidazole rings is 1. The van der Waals surface area contributed by atoms with Crippen molar-refractivity contribution in [2.24, 2.45) is 0 Å². The van der Waals surface area contributed by atoms with Crippen molar-refractivity contribution in [3.63, 3.8) is 0 Å². The standard InChI is InChI=1S/C25H21ClN6O4S/c26-19-7-5-15(13-17(19)23-28-20-3-1-2-4-21(20)29-23)27-25(37)30-24(33)18-14-16(32(34)35)6-8-22(18)31-9-11-36-12-10-31/h1-8,13-14H,9-12H2,(H,28,29)(H2,27,30,33,37). The van der Waals surface area contributed by atoms with Gasteiger partial charge in [-0.3, -0.25) is 20.2 Å². The van der Waals surface area contributed by atoms with Crippen molar-refractivity contribution in [2.75, 3.05) is 36.5 Å². The first-order valence-electron chi connectivity index (χ1n) is 11.4. The van der Waals surface area contributed by atoms with Gasteiger partial charge in [-0.05, 0) is 48.6 Å². The number of aromatic amines is 1. The van der Waals surface area contributed by atoms with Crippen LogP contribution in [0, 0.1) is 10.1 Å². The van der Waals surface area contributed by atoms with Crippen LogP contribution < -0.4 is 15.5 Å². The minimum Gasteiger partial charge on any atom is -0.378 e. The number of nitrogens with zero attached hydrogens (tertiary/aromatic N) is 3. The summed E-state index contributed by atoms with van der Waals surface area (Å²) in [5.41, 5.74) is 3.47. The average molecular weight is 537 g/mol. The monoisotopic (exact) mass is 536 g/mol. The summed E-state index contributed by atoms with van der Waals surface area (Å²) < 4.78 is 5.38. The highest BCUT2D eigenvalue weighted by Crippen LogP contribution is 2.30. The molecule has 0 unspecified atom stereocenters. The molecule has 37 heavy (non-hydrogen) atoms. The second-order valence-corrected chi connectivity index (χ2v) is 9.08. The number of halogens is 1. The van der Waals surface area contributed by atoms with Gasteiger partial charge in [0.15, 0.2) is 5.11 Å². The molecule has 1 fully saturated rings. The van der Waals surface area contributed by atoms with Crippen LogP contribution in [0.15, 0.2) is 60.7 Å². The van der Waals surface area contributed by atoms with Crippen LogP contribution in [0.3, 0.4) is 0 Å². The molecule has 0 saturated carbocycles. The van der Waals surface area contributed by atoms with Gasteiger partial charge in [0.25, 0.3) is 11.6 Å². The number of non-ortho nitro benzene ring substituents is 1. The third kappa shape index (κ3) is 5.38. The molecule has 2 heterocycles. The Kier molecular flexibility index (Phi) is 6.99. The van der Waals surface area contributed by atoms with E-state index in [4.69, 9.17) is 28.6 Å². The minimum atomic E-state index is -0.561. The van der Waals surface area contributed by atoms with E-state index in [1.165, 1.54) is 12.1 Å². The molecule has 1 saturated heterocycles. The molecule has 5 rings (SSSR count). The Balaban J connectivity index is 1.36. The van der Waals surface area contributed by atoms with E-state index < -0.39 is 10.8 Å². The predicted octanol–water partition coefficient (Wildman–Crippen LogP) is 4.75. The fraction of sp³-hybridized carbons (Fsp3) is 0.160. The Hall–Kier alpha value is -4.06. The van der Waals surface area contributed by atoms with Crippen molar-refractivity contribution in [2.45, 2.75) is 0 Å². The topological polar surface area (TPSA) is 125 Å². The lowest BCUT2D eigenvalue weighted by atomic mass is 10.1. The van der Waals surface area contributed by atoms with E-state index in [0.29, 0.717) is 54.1 Å². The number of benzene rings is 3. The van der Waals surface area contributed by atoms with Crippen molar-refractivity contribution in [1.82, 2.24) is 15.3 Å². The number of H-pyrrole nitrogens is 1. The van der Waals surface area contributed by atoms with Gasteiger partial charge in [-0.25, -0.2) is 4.98 Å². The number of ether oxygens (including phenoxy) is 1. The van der Waals surface area contributed by atoms with Gasteiger partial charge >= 0.3 is 0 Å². The number of carbonyl (C=O) groups is 1. The lowest BCUT2D eigenvalue weighted by molar-refractivity contribution is -0.384. The Bertz CT molecular complexity index is 1490. The van der Waals surface area contributed by atoms with Gasteiger partial charge in [-0.2, -0.15) is 0 Å². The normalized spacial score (nSPS) is 13.4. The number of morpholine rings is 1. The van der Waals surface area contributed by atoms with Crippen LogP contribution in [-0.2, 0) is 4.74 Å². The first-order valence-corrected chi connectivity index (χ1v) is 12.2. The van der Waals surface area contributed by atoms with E-state index in [-0.39, 0.29) is 16.4 Å². The number of fused-ring (bicyclic) bond motifs is 1. The Morgan fingerprint density at radius 2 is 1.92 bits per heavy atom. The number of thiocarbonyl (C=S) groups is 1. The van der Waals surface area contributed by atoms with Crippen molar-refractivity contribution in [3.05, 3.63) is 81.4 Å². The first kappa shape index (κ1) is 24.6. The number of rotatable bonds is 5. The Morgan fingerprint density at radius 3 is 2.68 bits per heavy atom. The van der Waals surface area contributed by atoms with Crippen LogP contribution in [0.5, 0.6) is 0 Å². The van der Waals surface area contributed by atoms with E-state index in [9.17, 15) is 14.9 Å². The van der Waals surface area contributed by atoms with Crippen molar-refractivity contribution < 1.29 is 14.5 Å². The smallest absolute Gasteiger partial charge is 0.270 e. The van der Waals surface area contributed by atoms with E-state index in [2.05, 4.69) is 20.6 Å². The number of hydrogen-bond acceptors (Lipinski definition) is 7. The highest BCUT2D eigenvalue weighted by atomic mass is 35.5. The lowest BCUT2D eigenvalue weighted by Crippen LogP contribution is -2.39. The number of nitro benzene ring substituents is 1. The number of anilines is 2. The molecule has 0 aliphatic carbocycles. The van der Waals surface area contributed by atoms with E-state index in [0.717, 1.165) is 11.0 Å². The van der Waals surface area contributed by atoms with Crippen LogP contribution in [0.2, 0.25) is 5.02 Å². The predicted molar refractivity (Wildman–Crippen MR) is 146 cm³/mol. The number of carbonyl (C=O) groups excluding carboxylic acids is 1. The SMILES string of the molecule is O=C(NC(=S)Nc1ccc(Cl)c(-c2nc3ccccc3[nH]2)c1)c1cc([N+](=O)[O-])ccc1N1CCOCC1. The number of para-hydroxylation sites is 2. The summed E-state index contributed by atoms with van der Waals surface area (Å²) in [6.07, 6.45) is 0. The Labute approximate surface area is 221 Å². The molecular formula is C25H21ClN6O4S. The molecule has 188 valence electrons. The largest absolute Gasteiger partial charge is 0.378 e. The average Bonchev–Trinajstić information content (AvgIpc) is 3.34. The molecule has 1 aliphatic rings. The van der Waals surface area contributed by atoms with Gasteiger partial charge in [0.2, 0.25) is 0 Å². The second-order valence-electron chi connectivity index (χ2n) is 8.26. The van der Waals surface area contributed by atoms with Crippen molar-refractivity contribution in [3.8, 4) is 11.4 Å². The first-order chi connectivity index (χ1) is 17.9. The van der Waals surface area contributed by atoms with Crippen LogP contribution in [-0.4, -0.2) is 52.2 Å². The van der Waals surface area contributed by atoms with Gasteiger partial charge in [-0.15, -0.1) is 0 Å². The number of amides is 1. The molecule has 3 aromatic carbocycles. The third-order valence-electron chi connectivity index (χ3n) is 5.88. The highest BCUT2D eigenvalue weighted by molar-refractivity contribution is 7.80. The number of aromatic nitrogens is 2. The fourth-order valence-electron chi connectivity index (χ4n) is 4.10. The maximum Gasteiger partial charge on any atom is 0.270 e. The fourth-order valence-corrected chi connectivity index (χ4v) is 4.51. The van der Waals surface area contributed by atoms with Crippen LogP contribution in [0.1, 0.15) is 10.4 Å². The molecule has 0 radical (unpaired) electrons. The maximum absolute atomic E-state index is 13.2. The van der Waals surface area contributed by atoms with Gasteiger partial charge < -0.3 is 19.9 Å². The summed E-state index contributed by atoms with van der Waals surface area (Å²) in [5.74, 6) is 0.0331. The lowest BCUT2D eigenvalue weighted by Gasteiger charge is -2.30. The van der Waals surface area contributed by atoms with Gasteiger partial charge in [0, 0.05) is 36.5 Å². The van der Waals surface area contributed by atoms with Crippen LogP contribution in [0.25, 0.3) is 22.4 Å². The Morgan fingerprint density at radius 1 is 1.14 bits per heavy atom. The molecule has 1 amide bonds. The zero-order chi connectivity index (χ0) is 25.9. The number of nitrogens with one attached hydrogen (secondary N) is 3. The number of hydrogen-bond donors (Lipinski definition) is 3. The van der Waals surface area contributed by atoms with Crippen LogP contribution >= 0.6 is 23.8 Å². The summed E-state index contributed by atoms with van der Waals surface area (Å²) in [6.45, 7) is 2.14. The molecule has 0 bridgehead atoms. The van der Waals surface area contributed by atoms with Gasteiger partial charge in [0.1, 0.15) is 5.82 Å². The van der Waals surface area contributed by atoms with E-state index in [1.54, 1.807) is 24.3 Å². The van der Waals surface area contributed by atoms with Gasteiger partial charge in [0.05, 0.1) is 45.4 Å². The molecule has 4 aromatic rings. The number of nitro groups is 1. The molecule has 1 aromatic heterocycles. The highest BCUT2D eigenvalue weighted by Gasteiger charge is 2.23. The van der Waals surface area contributed by atoms with E-state index >= 15 is 0 Å². The molecule has 10 nitrogen and oxygen atoms in total. The minimum absolute atomic E-state index is 0.0299. The zero-order valence-electron chi connectivity index (χ0n) is 19.4. The van der Waals surface area contributed by atoms with Crippen molar-refractivity contribution >= 4 is 62.9 Å². The molecule has 0 spiro atoms. The van der Waals surface area contributed by atoms with Gasteiger partial charge in [-0.1, -0.05) is 23.7 Å². The summed E-state index contributed by atoms with van der Waals surface area (Å²) in [5, 5.41) is 17.5.